The van der Waals surface area contributed by atoms with Crippen LogP contribution in [0.15, 0.2) is 102 Å². The fraction of sp³-hybridized carbons (Fsp3) is 0.182. The van der Waals surface area contributed by atoms with Gasteiger partial charge in [-0.25, -0.2) is 9.37 Å². The number of aromatic nitrogens is 2. The molecule has 1 heterocycles. The Labute approximate surface area is 227 Å². The second-order valence-corrected chi connectivity index (χ2v) is 9.81. The summed E-state index contributed by atoms with van der Waals surface area (Å²) in [7, 11) is 0. The van der Waals surface area contributed by atoms with Gasteiger partial charge in [0.1, 0.15) is 11.6 Å². The molecule has 1 amide bonds. The van der Waals surface area contributed by atoms with E-state index in [0.717, 1.165) is 16.7 Å². The Morgan fingerprint density at radius 2 is 1.59 bits per heavy atom. The largest absolute Gasteiger partial charge is 0.328 e. The number of carbonyl (C=O) groups excluding carboxylic acids is 1. The summed E-state index contributed by atoms with van der Waals surface area (Å²) < 4.78 is 15.3. The fourth-order valence-corrected chi connectivity index (χ4v) is 4.81. The average molecular weight is 520 g/mol. The number of rotatable bonds is 7. The molecule has 5 aromatic rings. The number of amides is 1. The minimum Gasteiger partial charge on any atom is -0.328 e. The molecule has 196 valence electrons. The van der Waals surface area contributed by atoms with Crippen LogP contribution >= 0.6 is 0 Å². The van der Waals surface area contributed by atoms with E-state index in [1.165, 1.54) is 24.3 Å². The minimum atomic E-state index is -0.565. The van der Waals surface area contributed by atoms with E-state index in [-0.39, 0.29) is 11.5 Å². The van der Waals surface area contributed by atoms with Crippen molar-refractivity contribution in [1.29, 1.82) is 0 Å². The third-order valence-corrected chi connectivity index (χ3v) is 7.23. The van der Waals surface area contributed by atoms with Crippen LogP contribution in [0.4, 0.5) is 4.39 Å². The number of hydrogen-bond donors (Lipinski definition) is 0. The van der Waals surface area contributed by atoms with Crippen molar-refractivity contribution >= 4 is 16.8 Å². The number of fused-ring (bicyclic) bond motifs is 1. The van der Waals surface area contributed by atoms with Gasteiger partial charge in [0.05, 0.1) is 22.6 Å². The molecule has 39 heavy (non-hydrogen) atoms. The van der Waals surface area contributed by atoms with Crippen molar-refractivity contribution in [2.24, 2.45) is 0 Å². The fourth-order valence-electron chi connectivity index (χ4n) is 4.81. The highest BCUT2D eigenvalue weighted by molar-refractivity contribution is 5.94. The number of benzene rings is 4. The van der Waals surface area contributed by atoms with Crippen LogP contribution < -0.4 is 5.56 Å². The van der Waals surface area contributed by atoms with Crippen LogP contribution in [-0.2, 0) is 6.42 Å². The number of carbonyl (C=O) groups is 1. The SMILES string of the molecule is Cc1ccc(-n2c(C(C)N(CCc3ccccc3)C(=O)c3ccc(F)cc3)nc3ccccc3c2=O)cc1C. The maximum atomic E-state index is 13.9. The van der Waals surface area contributed by atoms with Crippen LogP contribution in [0.3, 0.4) is 0 Å². The predicted molar refractivity (Wildman–Crippen MR) is 153 cm³/mol. The van der Waals surface area contributed by atoms with Crippen LogP contribution in [0.5, 0.6) is 0 Å². The minimum absolute atomic E-state index is 0.192. The lowest BCUT2D eigenvalue weighted by molar-refractivity contribution is 0.0683. The van der Waals surface area contributed by atoms with Gasteiger partial charge in [-0.05, 0) is 92.4 Å². The predicted octanol–water partition coefficient (Wildman–Crippen LogP) is 6.59. The van der Waals surface area contributed by atoms with E-state index in [2.05, 4.69) is 0 Å². The molecule has 6 heteroatoms. The zero-order valence-electron chi connectivity index (χ0n) is 22.3. The van der Waals surface area contributed by atoms with Gasteiger partial charge in [-0.1, -0.05) is 48.5 Å². The topological polar surface area (TPSA) is 55.2 Å². The van der Waals surface area contributed by atoms with Crippen LogP contribution in [0.1, 0.15) is 45.8 Å². The van der Waals surface area contributed by atoms with Gasteiger partial charge in [-0.3, -0.25) is 14.2 Å². The lowest BCUT2D eigenvalue weighted by atomic mass is 10.1. The van der Waals surface area contributed by atoms with E-state index in [1.54, 1.807) is 15.5 Å². The molecular formula is C33H30FN3O2. The number of hydrogen-bond acceptors (Lipinski definition) is 3. The Morgan fingerprint density at radius 3 is 2.31 bits per heavy atom. The summed E-state index contributed by atoms with van der Waals surface area (Å²) in [6, 6.07) is 28.0. The first-order valence-corrected chi connectivity index (χ1v) is 13.0. The van der Waals surface area contributed by atoms with E-state index >= 15 is 0 Å². The first kappa shape index (κ1) is 26.0. The molecule has 0 saturated carbocycles. The number of nitrogens with zero attached hydrogens (tertiary/aromatic N) is 3. The highest BCUT2D eigenvalue weighted by Gasteiger charge is 2.28. The van der Waals surface area contributed by atoms with E-state index in [4.69, 9.17) is 4.98 Å². The molecule has 0 bridgehead atoms. The molecule has 0 aliphatic heterocycles. The maximum absolute atomic E-state index is 13.9. The molecule has 4 aromatic carbocycles. The second kappa shape index (κ2) is 11.0. The Hall–Kier alpha value is -4.58. The summed E-state index contributed by atoms with van der Waals surface area (Å²) >= 11 is 0. The van der Waals surface area contributed by atoms with Crippen molar-refractivity contribution in [2.75, 3.05) is 6.54 Å². The Bertz CT molecular complexity index is 1690. The molecule has 1 atom stereocenters. The van der Waals surface area contributed by atoms with Crippen LogP contribution in [0, 0.1) is 19.7 Å². The molecule has 0 spiro atoms. The Balaban J connectivity index is 1.66. The lowest BCUT2D eigenvalue weighted by Gasteiger charge is -2.31. The van der Waals surface area contributed by atoms with E-state index in [1.807, 2.05) is 87.5 Å². The van der Waals surface area contributed by atoms with Crippen molar-refractivity contribution in [1.82, 2.24) is 14.5 Å². The third kappa shape index (κ3) is 5.36. The van der Waals surface area contributed by atoms with E-state index < -0.39 is 11.9 Å². The third-order valence-electron chi connectivity index (χ3n) is 7.23. The molecular weight excluding hydrogens is 489 g/mol. The zero-order valence-corrected chi connectivity index (χ0v) is 22.3. The molecule has 0 aliphatic rings. The van der Waals surface area contributed by atoms with Gasteiger partial charge >= 0.3 is 0 Å². The van der Waals surface area contributed by atoms with Gasteiger partial charge in [0.15, 0.2) is 0 Å². The highest BCUT2D eigenvalue weighted by atomic mass is 19.1. The maximum Gasteiger partial charge on any atom is 0.266 e. The zero-order chi connectivity index (χ0) is 27.5. The molecule has 5 nitrogen and oxygen atoms in total. The second-order valence-electron chi connectivity index (χ2n) is 9.81. The summed E-state index contributed by atoms with van der Waals surface area (Å²) in [5.74, 6) is -0.201. The first-order valence-electron chi connectivity index (χ1n) is 13.0. The van der Waals surface area contributed by atoms with Crippen molar-refractivity contribution in [3.8, 4) is 5.69 Å². The Morgan fingerprint density at radius 1 is 0.897 bits per heavy atom. The molecule has 0 saturated heterocycles. The molecule has 1 unspecified atom stereocenters. The van der Waals surface area contributed by atoms with Gasteiger partial charge < -0.3 is 4.90 Å². The first-order chi connectivity index (χ1) is 18.8. The highest BCUT2D eigenvalue weighted by Crippen LogP contribution is 2.26. The smallest absolute Gasteiger partial charge is 0.266 e. The van der Waals surface area contributed by atoms with Crippen LogP contribution in [0.2, 0.25) is 0 Å². The van der Waals surface area contributed by atoms with Crippen molar-refractivity contribution in [3.05, 3.63) is 141 Å². The van der Waals surface area contributed by atoms with Gasteiger partial charge in [0.25, 0.3) is 11.5 Å². The number of halogens is 1. The summed E-state index contributed by atoms with van der Waals surface area (Å²) in [6.45, 7) is 6.31. The quantitative estimate of drug-likeness (QED) is 0.244. The number of aryl methyl sites for hydroxylation is 2. The monoisotopic (exact) mass is 519 g/mol. The Kier molecular flexibility index (Phi) is 7.37. The van der Waals surface area contributed by atoms with E-state index in [9.17, 15) is 14.0 Å². The van der Waals surface area contributed by atoms with Crippen LogP contribution in [-0.4, -0.2) is 26.9 Å². The van der Waals surface area contributed by atoms with Crippen LogP contribution in [0.25, 0.3) is 16.6 Å². The molecule has 5 rings (SSSR count). The van der Waals surface area contributed by atoms with Gasteiger partial charge in [0, 0.05) is 12.1 Å². The summed E-state index contributed by atoms with van der Waals surface area (Å²) in [6.07, 6.45) is 0.611. The normalized spacial score (nSPS) is 11.9. The molecule has 0 N–H and O–H groups in total. The van der Waals surface area contributed by atoms with Gasteiger partial charge in [-0.2, -0.15) is 0 Å². The van der Waals surface area contributed by atoms with Gasteiger partial charge in [-0.15, -0.1) is 0 Å². The lowest BCUT2D eigenvalue weighted by Crippen LogP contribution is -2.38. The molecule has 0 fully saturated rings. The summed E-state index contributed by atoms with van der Waals surface area (Å²) in [5, 5.41) is 0.507. The summed E-state index contributed by atoms with van der Waals surface area (Å²) in [4.78, 5) is 34.4. The van der Waals surface area contributed by atoms with E-state index in [0.29, 0.717) is 40.9 Å². The summed E-state index contributed by atoms with van der Waals surface area (Å²) in [5.41, 5.74) is 4.70. The van der Waals surface area contributed by atoms with Gasteiger partial charge in [0.2, 0.25) is 0 Å². The molecule has 0 aliphatic carbocycles. The van der Waals surface area contributed by atoms with Crippen molar-refractivity contribution in [2.45, 2.75) is 33.2 Å². The number of para-hydroxylation sites is 1. The van der Waals surface area contributed by atoms with Crippen molar-refractivity contribution < 1.29 is 9.18 Å². The van der Waals surface area contributed by atoms with Crippen molar-refractivity contribution in [3.63, 3.8) is 0 Å². The average Bonchev–Trinajstić information content (AvgIpc) is 2.95. The standard InChI is InChI=1S/C33H30FN3O2/c1-22-13-18-28(21-23(22)2)37-31(35-30-12-8-7-11-29(30)33(37)39)24(3)36(20-19-25-9-5-4-6-10-25)32(38)26-14-16-27(34)17-15-26/h4-18,21,24H,19-20H2,1-3H3. The molecule has 1 aromatic heterocycles. The molecule has 0 radical (unpaired) electrons.